The average molecular weight is 317 g/mol. The fourth-order valence-corrected chi connectivity index (χ4v) is 2.77. The molecular formula is C16H16FN3O3. The third-order valence-corrected chi connectivity index (χ3v) is 3.94. The van der Waals surface area contributed by atoms with Gasteiger partial charge in [0.15, 0.2) is 5.69 Å². The number of carbonyl (C=O) groups excluding carboxylic acids is 1. The molecule has 1 aromatic carbocycles. The summed E-state index contributed by atoms with van der Waals surface area (Å²) in [6.07, 6.45) is 2.24. The zero-order chi connectivity index (χ0) is 16.6. The Bertz CT molecular complexity index is 785. The molecule has 0 aliphatic heterocycles. The molecule has 0 saturated carbocycles. The molecule has 120 valence electrons. The van der Waals surface area contributed by atoms with E-state index in [1.807, 2.05) is 0 Å². The van der Waals surface area contributed by atoms with Crippen molar-refractivity contribution in [2.75, 3.05) is 0 Å². The standard InChI is InChI=1S/C16H16FN3O3/c1-9(16(22)23)18-15(21)14-10-5-4-8-12(10)20(19-14)13-7-3-2-6-11(13)17/h2-3,6-7,9H,4-5,8H2,1H3,(H,18,21)(H,22,23)/t9-/m1/s1. The molecule has 1 aliphatic carbocycles. The lowest BCUT2D eigenvalue weighted by Gasteiger charge is -2.08. The molecule has 1 aliphatic rings. The summed E-state index contributed by atoms with van der Waals surface area (Å²) in [5, 5.41) is 15.5. The van der Waals surface area contributed by atoms with Crippen molar-refractivity contribution in [3.05, 3.63) is 47.0 Å². The summed E-state index contributed by atoms with van der Waals surface area (Å²) in [6, 6.07) is 5.21. The topological polar surface area (TPSA) is 84.2 Å². The number of nitrogens with one attached hydrogen (secondary N) is 1. The van der Waals surface area contributed by atoms with E-state index in [2.05, 4.69) is 10.4 Å². The maximum atomic E-state index is 14.0. The van der Waals surface area contributed by atoms with Crippen LogP contribution in [-0.2, 0) is 17.6 Å². The van der Waals surface area contributed by atoms with Crippen molar-refractivity contribution < 1.29 is 19.1 Å². The third-order valence-electron chi connectivity index (χ3n) is 3.94. The Morgan fingerprint density at radius 3 is 2.78 bits per heavy atom. The lowest BCUT2D eigenvalue weighted by atomic mass is 10.2. The average Bonchev–Trinajstić information content (AvgIpc) is 3.09. The predicted molar refractivity (Wildman–Crippen MR) is 80.1 cm³/mol. The van der Waals surface area contributed by atoms with Crippen molar-refractivity contribution in [1.82, 2.24) is 15.1 Å². The number of carboxylic acids is 1. The number of fused-ring (bicyclic) bond motifs is 1. The Kier molecular flexibility index (Phi) is 3.85. The summed E-state index contributed by atoms with van der Waals surface area (Å²) >= 11 is 0. The van der Waals surface area contributed by atoms with Crippen LogP contribution in [0.1, 0.15) is 35.1 Å². The quantitative estimate of drug-likeness (QED) is 0.899. The molecule has 1 heterocycles. The molecular weight excluding hydrogens is 301 g/mol. The highest BCUT2D eigenvalue weighted by atomic mass is 19.1. The van der Waals surface area contributed by atoms with Gasteiger partial charge in [0.1, 0.15) is 17.5 Å². The fraction of sp³-hybridized carbons (Fsp3) is 0.312. The molecule has 0 radical (unpaired) electrons. The molecule has 0 saturated heterocycles. The summed E-state index contributed by atoms with van der Waals surface area (Å²) in [5.41, 5.74) is 2.04. The summed E-state index contributed by atoms with van der Waals surface area (Å²) in [5.74, 6) is -2.09. The van der Waals surface area contributed by atoms with Gasteiger partial charge >= 0.3 is 5.97 Å². The van der Waals surface area contributed by atoms with Gasteiger partial charge < -0.3 is 10.4 Å². The van der Waals surface area contributed by atoms with E-state index in [4.69, 9.17) is 5.11 Å². The van der Waals surface area contributed by atoms with E-state index in [-0.39, 0.29) is 11.4 Å². The van der Waals surface area contributed by atoms with Gasteiger partial charge in [-0.1, -0.05) is 12.1 Å². The van der Waals surface area contributed by atoms with E-state index in [1.165, 1.54) is 17.7 Å². The number of rotatable bonds is 4. The van der Waals surface area contributed by atoms with E-state index < -0.39 is 23.7 Å². The lowest BCUT2D eigenvalue weighted by molar-refractivity contribution is -0.138. The number of hydrogen-bond donors (Lipinski definition) is 2. The molecule has 23 heavy (non-hydrogen) atoms. The monoisotopic (exact) mass is 317 g/mol. The molecule has 2 N–H and O–H groups in total. The van der Waals surface area contributed by atoms with Crippen LogP contribution in [0.3, 0.4) is 0 Å². The minimum Gasteiger partial charge on any atom is -0.480 e. The molecule has 0 bridgehead atoms. The highest BCUT2D eigenvalue weighted by Gasteiger charge is 2.28. The minimum absolute atomic E-state index is 0.175. The first-order chi connectivity index (χ1) is 11.0. The van der Waals surface area contributed by atoms with Crippen LogP contribution in [-0.4, -0.2) is 32.8 Å². The molecule has 2 aromatic rings. The number of para-hydroxylation sites is 1. The number of amides is 1. The number of hydrogen-bond acceptors (Lipinski definition) is 3. The fourth-order valence-electron chi connectivity index (χ4n) is 2.77. The molecule has 1 aromatic heterocycles. The molecule has 0 fully saturated rings. The second-order valence-electron chi connectivity index (χ2n) is 5.52. The highest BCUT2D eigenvalue weighted by molar-refractivity contribution is 5.96. The van der Waals surface area contributed by atoms with Crippen LogP contribution in [0.4, 0.5) is 4.39 Å². The SMILES string of the molecule is C[C@@H](NC(=O)c1nn(-c2ccccc2F)c2c1CCC2)C(=O)O. The van der Waals surface area contributed by atoms with E-state index >= 15 is 0 Å². The van der Waals surface area contributed by atoms with E-state index in [9.17, 15) is 14.0 Å². The van der Waals surface area contributed by atoms with Gasteiger partial charge in [-0.3, -0.25) is 9.59 Å². The maximum Gasteiger partial charge on any atom is 0.325 e. The van der Waals surface area contributed by atoms with Crippen LogP contribution in [0, 0.1) is 5.82 Å². The van der Waals surface area contributed by atoms with E-state index in [0.29, 0.717) is 12.8 Å². The van der Waals surface area contributed by atoms with Crippen LogP contribution >= 0.6 is 0 Å². The normalized spacial score (nSPS) is 14.3. The number of benzene rings is 1. The van der Waals surface area contributed by atoms with Gasteiger partial charge in [-0.2, -0.15) is 5.10 Å². The van der Waals surface area contributed by atoms with Crippen molar-refractivity contribution in [2.45, 2.75) is 32.2 Å². The van der Waals surface area contributed by atoms with Crippen molar-refractivity contribution in [2.24, 2.45) is 0 Å². The van der Waals surface area contributed by atoms with E-state index in [0.717, 1.165) is 17.7 Å². The van der Waals surface area contributed by atoms with Crippen LogP contribution in [0.25, 0.3) is 5.69 Å². The van der Waals surface area contributed by atoms with Crippen LogP contribution in [0.15, 0.2) is 24.3 Å². The molecule has 1 atom stereocenters. The zero-order valence-corrected chi connectivity index (χ0v) is 12.5. The second-order valence-corrected chi connectivity index (χ2v) is 5.52. The van der Waals surface area contributed by atoms with Gasteiger partial charge in [-0.05, 0) is 38.3 Å². The molecule has 0 spiro atoms. The largest absolute Gasteiger partial charge is 0.480 e. The summed E-state index contributed by atoms with van der Waals surface area (Å²) < 4.78 is 15.5. The number of aromatic nitrogens is 2. The van der Waals surface area contributed by atoms with Gasteiger partial charge in [0, 0.05) is 11.3 Å². The Hall–Kier alpha value is -2.70. The molecule has 1 amide bonds. The van der Waals surface area contributed by atoms with Gasteiger partial charge in [-0.15, -0.1) is 0 Å². The van der Waals surface area contributed by atoms with Crippen LogP contribution in [0.2, 0.25) is 0 Å². The first-order valence-electron chi connectivity index (χ1n) is 7.38. The van der Waals surface area contributed by atoms with Gasteiger partial charge in [0.2, 0.25) is 0 Å². The Morgan fingerprint density at radius 1 is 1.35 bits per heavy atom. The summed E-state index contributed by atoms with van der Waals surface area (Å²) in [7, 11) is 0. The van der Waals surface area contributed by atoms with Crippen molar-refractivity contribution in [3.63, 3.8) is 0 Å². The van der Waals surface area contributed by atoms with Crippen molar-refractivity contribution in [3.8, 4) is 5.69 Å². The maximum absolute atomic E-state index is 14.0. The molecule has 7 heteroatoms. The Morgan fingerprint density at radius 2 is 2.09 bits per heavy atom. The molecule has 0 unspecified atom stereocenters. The lowest BCUT2D eigenvalue weighted by Crippen LogP contribution is -2.38. The first kappa shape index (κ1) is 15.2. The van der Waals surface area contributed by atoms with Crippen molar-refractivity contribution >= 4 is 11.9 Å². The summed E-state index contributed by atoms with van der Waals surface area (Å²) in [6.45, 7) is 1.38. The Labute approximate surface area is 131 Å². The minimum atomic E-state index is -1.12. The van der Waals surface area contributed by atoms with Crippen LogP contribution < -0.4 is 5.32 Å². The predicted octanol–water partition coefficient (Wildman–Crippen LogP) is 1.70. The van der Waals surface area contributed by atoms with Crippen LogP contribution in [0.5, 0.6) is 0 Å². The molecule has 3 rings (SSSR count). The Balaban J connectivity index is 2.01. The second kappa shape index (κ2) is 5.83. The number of carbonyl (C=O) groups is 2. The van der Waals surface area contributed by atoms with Gasteiger partial charge in [0.25, 0.3) is 5.91 Å². The van der Waals surface area contributed by atoms with Gasteiger partial charge in [0.05, 0.1) is 0 Å². The summed E-state index contributed by atoms with van der Waals surface area (Å²) in [4.78, 5) is 23.2. The first-order valence-corrected chi connectivity index (χ1v) is 7.38. The number of carboxylic acid groups (broad SMARTS) is 1. The zero-order valence-electron chi connectivity index (χ0n) is 12.5. The van der Waals surface area contributed by atoms with E-state index in [1.54, 1.807) is 18.2 Å². The number of aliphatic carboxylic acids is 1. The highest BCUT2D eigenvalue weighted by Crippen LogP contribution is 2.28. The number of halogens is 1. The molecule has 6 nitrogen and oxygen atoms in total. The van der Waals surface area contributed by atoms with Gasteiger partial charge in [-0.25, -0.2) is 9.07 Å². The number of nitrogens with zero attached hydrogens (tertiary/aromatic N) is 2. The third kappa shape index (κ3) is 2.69. The smallest absolute Gasteiger partial charge is 0.325 e. The van der Waals surface area contributed by atoms with Crippen molar-refractivity contribution in [1.29, 1.82) is 0 Å².